The molecule has 0 rings (SSSR count). The minimum atomic E-state index is -2.31. The first-order chi connectivity index (χ1) is 17.7. The van der Waals surface area contributed by atoms with E-state index in [1.165, 1.54) is 0 Å². The van der Waals surface area contributed by atoms with Gasteiger partial charge < -0.3 is 106 Å². The normalized spacial score (nSPS) is 19.4. The molecule has 0 saturated heterocycles. The van der Waals surface area contributed by atoms with E-state index in [0.29, 0.717) is 0 Å². The molecule has 0 heterocycles. The Bertz CT molecular complexity index is 615. The zero-order chi connectivity index (χ0) is 31.8. The number of hydrogen-bond acceptors (Lipinski definition) is 21. The molecule has 0 amide bonds. The van der Waals surface area contributed by atoms with Crippen molar-refractivity contribution in [1.29, 1.82) is 0 Å². The fraction of sp³-hybridized carbons (Fsp3) is 0.833. The van der Waals surface area contributed by atoms with Gasteiger partial charge in [0, 0.05) is 0 Å². The van der Waals surface area contributed by atoms with Crippen LogP contribution in [-0.2, 0) is 33.9 Å². The minimum absolute atomic E-state index is 0. The Balaban J connectivity index is -0.000000154. The standard InChI is InChI=1S/3C6H12O7.K.Zn/c3*7-1-2(8)3(9)4(10)5(11)6(12)13;;/h3*2-5,7-11H,1H2,(H,12,13);;/q;;;+1;+2/p-3/t3*2-,3-,4+,5-;;/m111../s1. The van der Waals surface area contributed by atoms with Gasteiger partial charge >= 0.3 is 70.9 Å². The van der Waals surface area contributed by atoms with Crippen molar-refractivity contribution in [2.45, 2.75) is 73.2 Å². The van der Waals surface area contributed by atoms with E-state index < -0.39 is 111 Å². The summed E-state index contributed by atoms with van der Waals surface area (Å²) in [6.45, 7) is -2.59. The maximum Gasteiger partial charge on any atom is 2.00 e. The second kappa shape index (κ2) is 26.5. The molecular weight excluding hydrogens is 657 g/mol. The van der Waals surface area contributed by atoms with E-state index in [1.54, 1.807) is 0 Å². The molecule has 0 unspecified atom stereocenters. The summed E-state index contributed by atoms with van der Waals surface area (Å²) in [5.41, 5.74) is 0. The summed E-state index contributed by atoms with van der Waals surface area (Å²) in [4.78, 5) is 29.9. The monoisotopic (exact) mass is 688 g/mol. The van der Waals surface area contributed by atoms with Crippen molar-refractivity contribution in [1.82, 2.24) is 0 Å². The molecule has 0 aromatic carbocycles. The van der Waals surface area contributed by atoms with E-state index in [-0.39, 0.29) is 70.9 Å². The average Bonchev–Trinajstić information content (AvgIpc) is 2.92. The van der Waals surface area contributed by atoms with E-state index >= 15 is 0 Å². The topological polar surface area (TPSA) is 424 Å². The van der Waals surface area contributed by atoms with Crippen LogP contribution in [0.3, 0.4) is 0 Å². The Kier molecular flexibility index (Phi) is 32.7. The predicted octanol–water partition coefficient (Wildman–Crippen LogP) is -17.5. The molecule has 0 aliphatic heterocycles. The first-order valence-electron chi connectivity index (χ1n) is 10.4. The largest absolute Gasteiger partial charge is 2.00 e. The third kappa shape index (κ3) is 19.9. The first-order valence-corrected chi connectivity index (χ1v) is 10.4. The first kappa shape index (κ1) is 50.7. The Morgan fingerprint density at radius 3 is 0.659 bits per heavy atom. The number of aliphatic hydroxyl groups is 15. The summed E-state index contributed by atoms with van der Waals surface area (Å²) in [6, 6.07) is 0. The summed E-state index contributed by atoms with van der Waals surface area (Å²) in [6.07, 6.45) is -24.2. The van der Waals surface area contributed by atoms with E-state index in [4.69, 9.17) is 76.6 Å². The third-order valence-electron chi connectivity index (χ3n) is 4.49. The van der Waals surface area contributed by atoms with E-state index in [9.17, 15) is 29.7 Å². The van der Waals surface area contributed by atoms with Crippen LogP contribution in [0.2, 0.25) is 0 Å². The van der Waals surface area contributed by atoms with Crippen LogP contribution in [-0.4, -0.2) is 188 Å². The summed E-state index contributed by atoms with van der Waals surface area (Å²) >= 11 is 0. The molecular formula is C18H33KO21Zn. The van der Waals surface area contributed by atoms with E-state index in [0.717, 1.165) is 0 Å². The molecule has 15 N–H and O–H groups in total. The maximum absolute atomic E-state index is 9.98. The van der Waals surface area contributed by atoms with Crippen LogP contribution in [0.15, 0.2) is 0 Å². The summed E-state index contributed by atoms with van der Waals surface area (Å²) in [5, 5.41) is 160. The molecule has 12 atom stereocenters. The van der Waals surface area contributed by atoms with Crippen LogP contribution in [0.4, 0.5) is 0 Å². The van der Waals surface area contributed by atoms with E-state index in [2.05, 4.69) is 0 Å². The number of aliphatic hydroxyl groups excluding tert-OH is 15. The van der Waals surface area contributed by atoms with Gasteiger partial charge in [-0.1, -0.05) is 0 Å². The van der Waals surface area contributed by atoms with Crippen molar-refractivity contribution in [2.24, 2.45) is 0 Å². The fourth-order valence-electron chi connectivity index (χ4n) is 1.99. The Labute approximate surface area is 286 Å². The van der Waals surface area contributed by atoms with E-state index in [1.807, 2.05) is 0 Å². The Hall–Kier alpha value is 0.0697. The van der Waals surface area contributed by atoms with Crippen LogP contribution in [0, 0.1) is 0 Å². The number of carbonyl (C=O) groups excluding carboxylic acids is 3. The number of aliphatic carboxylic acids is 3. The van der Waals surface area contributed by atoms with Gasteiger partial charge in [0.25, 0.3) is 0 Å². The second-order valence-corrected chi connectivity index (χ2v) is 7.48. The number of carboxylic acid groups (broad SMARTS) is 3. The summed E-state index contributed by atoms with van der Waals surface area (Å²) in [7, 11) is 0. The van der Waals surface area contributed by atoms with Gasteiger partial charge in [-0.15, -0.1) is 0 Å². The molecule has 0 aromatic rings. The van der Waals surface area contributed by atoms with Gasteiger partial charge in [-0.3, -0.25) is 0 Å². The maximum atomic E-state index is 9.98. The average molecular weight is 690 g/mol. The number of carboxylic acids is 3. The molecule has 0 fully saturated rings. The van der Waals surface area contributed by atoms with Crippen molar-refractivity contribution < 1.29 is 177 Å². The van der Waals surface area contributed by atoms with Gasteiger partial charge in [0.05, 0.1) is 37.7 Å². The molecule has 0 radical (unpaired) electrons. The van der Waals surface area contributed by atoms with Crippen LogP contribution in [0.1, 0.15) is 0 Å². The zero-order valence-electron chi connectivity index (χ0n) is 21.4. The SMILES string of the molecule is O=C([O-])[C@H](O)[C@@H](O)[C@H](O)[C@H](O)CO.O=C([O-])[C@H](O)[C@@H](O)[C@H](O)[C@H](O)CO.O=C([O-])[C@H](O)[C@@H](O)[C@H](O)[C@H](O)CO.[K+].[Zn+2]. The molecule has 23 heteroatoms. The molecule has 0 saturated carbocycles. The van der Waals surface area contributed by atoms with Crippen LogP contribution in [0.25, 0.3) is 0 Å². The molecule has 21 nitrogen and oxygen atoms in total. The molecule has 0 bridgehead atoms. The van der Waals surface area contributed by atoms with Gasteiger partial charge in [-0.05, 0) is 0 Å². The quantitative estimate of drug-likeness (QED) is 0.0709. The van der Waals surface area contributed by atoms with Gasteiger partial charge in [0.2, 0.25) is 0 Å². The van der Waals surface area contributed by atoms with Gasteiger partial charge in [-0.25, -0.2) is 0 Å². The van der Waals surface area contributed by atoms with Crippen LogP contribution >= 0.6 is 0 Å². The third-order valence-corrected chi connectivity index (χ3v) is 4.49. The molecule has 234 valence electrons. The van der Waals surface area contributed by atoms with Crippen molar-refractivity contribution >= 4 is 17.9 Å². The molecule has 41 heavy (non-hydrogen) atoms. The van der Waals surface area contributed by atoms with Crippen LogP contribution in [0.5, 0.6) is 0 Å². The smallest absolute Gasteiger partial charge is 0.547 e. The number of hydrogen-bond donors (Lipinski definition) is 15. The van der Waals surface area contributed by atoms with Crippen molar-refractivity contribution in [3.05, 3.63) is 0 Å². The van der Waals surface area contributed by atoms with Gasteiger partial charge in [-0.2, -0.15) is 0 Å². The predicted molar refractivity (Wildman–Crippen MR) is 108 cm³/mol. The molecule has 0 spiro atoms. The van der Waals surface area contributed by atoms with Crippen molar-refractivity contribution in [2.75, 3.05) is 19.8 Å². The molecule has 0 aliphatic carbocycles. The van der Waals surface area contributed by atoms with Crippen molar-refractivity contribution in [3.63, 3.8) is 0 Å². The number of carbonyl (C=O) groups is 3. The summed E-state index contributed by atoms with van der Waals surface area (Å²) in [5.74, 6) is -5.93. The zero-order valence-corrected chi connectivity index (χ0v) is 27.5. The fourth-order valence-corrected chi connectivity index (χ4v) is 1.99. The molecule has 0 aromatic heterocycles. The molecule has 0 aliphatic rings. The second-order valence-electron chi connectivity index (χ2n) is 7.48. The minimum Gasteiger partial charge on any atom is -0.547 e. The van der Waals surface area contributed by atoms with Crippen LogP contribution < -0.4 is 66.7 Å². The van der Waals surface area contributed by atoms with Crippen molar-refractivity contribution in [3.8, 4) is 0 Å². The Morgan fingerprint density at radius 1 is 0.415 bits per heavy atom. The number of rotatable bonds is 15. The summed E-state index contributed by atoms with van der Waals surface area (Å²) < 4.78 is 0. The van der Waals surface area contributed by atoms with Gasteiger partial charge in [0.1, 0.15) is 73.2 Å². The van der Waals surface area contributed by atoms with Gasteiger partial charge in [0.15, 0.2) is 0 Å². The Morgan fingerprint density at radius 2 is 0.561 bits per heavy atom.